The van der Waals surface area contributed by atoms with Crippen LogP contribution in [0.1, 0.15) is 53.4 Å². The number of aliphatic hydroxyl groups is 1. The summed E-state index contributed by atoms with van der Waals surface area (Å²) in [5.74, 6) is 0.0627. The zero-order chi connectivity index (χ0) is 14.4. The maximum absolute atomic E-state index is 12.7. The van der Waals surface area contributed by atoms with Gasteiger partial charge in [-0.2, -0.15) is 0 Å². The van der Waals surface area contributed by atoms with Gasteiger partial charge < -0.3 is 15.7 Å². The number of carbonyl (C=O) groups is 1. The van der Waals surface area contributed by atoms with E-state index in [1.165, 1.54) is 0 Å². The van der Waals surface area contributed by atoms with Crippen LogP contribution in [0.25, 0.3) is 0 Å². The van der Waals surface area contributed by atoms with E-state index in [0.29, 0.717) is 6.54 Å². The van der Waals surface area contributed by atoms with Crippen molar-refractivity contribution in [3.8, 4) is 0 Å². The Balaban J connectivity index is 5.17. The predicted octanol–water partition coefficient (Wildman–Crippen LogP) is 1.76. The standard InChI is InChI=1S/C14H30N2O2/c1-6-8-14(10-15,9-7-2)12(18)16(5)13(3,4)11-17/h17H,6-11,15H2,1-5H3. The summed E-state index contributed by atoms with van der Waals surface area (Å²) in [6.07, 6.45) is 3.50. The Morgan fingerprint density at radius 1 is 1.22 bits per heavy atom. The second-order valence-corrected chi connectivity index (χ2v) is 5.82. The van der Waals surface area contributed by atoms with Gasteiger partial charge in [0.1, 0.15) is 0 Å². The quantitative estimate of drug-likeness (QED) is 0.697. The third-order valence-electron chi connectivity index (χ3n) is 3.90. The Morgan fingerprint density at radius 3 is 1.94 bits per heavy atom. The summed E-state index contributed by atoms with van der Waals surface area (Å²) in [5.41, 5.74) is 4.88. The molecule has 0 aliphatic rings. The molecule has 0 aliphatic carbocycles. The minimum Gasteiger partial charge on any atom is -0.394 e. The molecule has 1 amide bonds. The molecule has 0 saturated heterocycles. The average Bonchev–Trinajstić information content (AvgIpc) is 2.36. The van der Waals surface area contributed by atoms with Crippen LogP contribution in [0.2, 0.25) is 0 Å². The Morgan fingerprint density at radius 2 is 1.67 bits per heavy atom. The Hall–Kier alpha value is -0.610. The first-order chi connectivity index (χ1) is 8.31. The van der Waals surface area contributed by atoms with Crippen molar-refractivity contribution in [1.29, 1.82) is 0 Å². The largest absolute Gasteiger partial charge is 0.394 e. The van der Waals surface area contributed by atoms with E-state index in [4.69, 9.17) is 5.73 Å². The van der Waals surface area contributed by atoms with Crippen molar-refractivity contribution in [2.45, 2.75) is 58.9 Å². The summed E-state index contributed by atoms with van der Waals surface area (Å²) in [7, 11) is 1.76. The first-order valence-electron chi connectivity index (χ1n) is 6.90. The molecular formula is C14H30N2O2. The molecule has 0 aromatic rings. The lowest BCUT2D eigenvalue weighted by Gasteiger charge is -2.41. The number of hydrogen-bond donors (Lipinski definition) is 2. The molecule has 4 heteroatoms. The predicted molar refractivity (Wildman–Crippen MR) is 75.2 cm³/mol. The Labute approximate surface area is 112 Å². The fraction of sp³-hybridized carbons (Fsp3) is 0.929. The van der Waals surface area contributed by atoms with E-state index in [1.54, 1.807) is 11.9 Å². The molecule has 4 nitrogen and oxygen atoms in total. The molecule has 0 unspecified atom stereocenters. The van der Waals surface area contributed by atoms with Crippen molar-refractivity contribution in [2.75, 3.05) is 20.2 Å². The molecule has 0 aromatic heterocycles. The summed E-state index contributed by atoms with van der Waals surface area (Å²) in [6, 6.07) is 0. The van der Waals surface area contributed by atoms with Crippen LogP contribution in [0.3, 0.4) is 0 Å². The molecule has 0 fully saturated rings. The summed E-state index contributed by atoms with van der Waals surface area (Å²) in [5, 5.41) is 9.39. The number of aliphatic hydroxyl groups excluding tert-OH is 1. The van der Waals surface area contributed by atoms with Gasteiger partial charge in [-0.3, -0.25) is 4.79 Å². The summed E-state index contributed by atoms with van der Waals surface area (Å²) in [6.45, 7) is 8.21. The molecule has 0 aromatic carbocycles. The highest BCUT2D eigenvalue weighted by Crippen LogP contribution is 2.32. The summed E-state index contributed by atoms with van der Waals surface area (Å²) >= 11 is 0. The van der Waals surface area contributed by atoms with Gasteiger partial charge in [0.25, 0.3) is 0 Å². The second-order valence-electron chi connectivity index (χ2n) is 5.82. The lowest BCUT2D eigenvalue weighted by molar-refractivity contribution is -0.147. The molecule has 18 heavy (non-hydrogen) atoms. The van der Waals surface area contributed by atoms with E-state index in [2.05, 4.69) is 13.8 Å². The molecule has 3 N–H and O–H groups in total. The monoisotopic (exact) mass is 258 g/mol. The normalized spacial score (nSPS) is 12.6. The molecule has 0 spiro atoms. The first-order valence-corrected chi connectivity index (χ1v) is 6.90. The zero-order valence-electron chi connectivity index (χ0n) is 12.6. The van der Waals surface area contributed by atoms with Crippen LogP contribution < -0.4 is 5.73 Å². The highest BCUT2D eigenvalue weighted by atomic mass is 16.3. The molecule has 0 saturated carbocycles. The van der Waals surface area contributed by atoms with Crippen molar-refractivity contribution < 1.29 is 9.90 Å². The van der Waals surface area contributed by atoms with Crippen molar-refractivity contribution in [1.82, 2.24) is 4.90 Å². The van der Waals surface area contributed by atoms with Gasteiger partial charge in [-0.15, -0.1) is 0 Å². The maximum atomic E-state index is 12.7. The van der Waals surface area contributed by atoms with Gasteiger partial charge in [0.15, 0.2) is 0 Å². The number of nitrogens with zero attached hydrogens (tertiary/aromatic N) is 1. The van der Waals surface area contributed by atoms with Gasteiger partial charge >= 0.3 is 0 Å². The van der Waals surface area contributed by atoms with Gasteiger partial charge in [-0.05, 0) is 26.7 Å². The van der Waals surface area contributed by atoms with E-state index in [-0.39, 0.29) is 12.5 Å². The van der Waals surface area contributed by atoms with Crippen LogP contribution >= 0.6 is 0 Å². The molecular weight excluding hydrogens is 228 g/mol. The highest BCUT2D eigenvalue weighted by molar-refractivity contribution is 5.83. The topological polar surface area (TPSA) is 66.6 Å². The summed E-state index contributed by atoms with van der Waals surface area (Å²) < 4.78 is 0. The first kappa shape index (κ1) is 17.4. The van der Waals surface area contributed by atoms with Crippen LogP contribution in [-0.4, -0.2) is 41.7 Å². The maximum Gasteiger partial charge on any atom is 0.230 e. The number of nitrogens with two attached hydrogens (primary N) is 1. The van der Waals surface area contributed by atoms with Gasteiger partial charge in [0, 0.05) is 13.6 Å². The fourth-order valence-electron chi connectivity index (χ4n) is 2.32. The number of likely N-dealkylation sites (N-methyl/N-ethyl adjacent to an activating group) is 1. The number of carbonyl (C=O) groups excluding carboxylic acids is 1. The van der Waals surface area contributed by atoms with Gasteiger partial charge in [0.2, 0.25) is 5.91 Å². The van der Waals surface area contributed by atoms with Gasteiger partial charge in [-0.1, -0.05) is 26.7 Å². The number of amides is 1. The smallest absolute Gasteiger partial charge is 0.230 e. The van der Waals surface area contributed by atoms with Crippen LogP contribution in [0.15, 0.2) is 0 Å². The molecule has 0 radical (unpaired) electrons. The van der Waals surface area contributed by atoms with Crippen LogP contribution in [0.4, 0.5) is 0 Å². The number of hydrogen-bond acceptors (Lipinski definition) is 3. The third kappa shape index (κ3) is 3.69. The van der Waals surface area contributed by atoms with Crippen molar-refractivity contribution >= 4 is 5.91 Å². The minimum absolute atomic E-state index is 0.0475. The molecule has 0 heterocycles. The van der Waals surface area contributed by atoms with Crippen LogP contribution in [0.5, 0.6) is 0 Å². The molecule has 0 bridgehead atoms. The van der Waals surface area contributed by atoms with Crippen LogP contribution in [-0.2, 0) is 4.79 Å². The van der Waals surface area contributed by atoms with Gasteiger partial charge in [0.05, 0.1) is 17.6 Å². The zero-order valence-corrected chi connectivity index (χ0v) is 12.6. The molecule has 0 atom stereocenters. The molecule has 108 valence electrons. The second kappa shape index (κ2) is 7.10. The third-order valence-corrected chi connectivity index (χ3v) is 3.90. The van der Waals surface area contributed by atoms with E-state index in [0.717, 1.165) is 25.7 Å². The highest BCUT2D eigenvalue weighted by Gasteiger charge is 2.41. The van der Waals surface area contributed by atoms with Gasteiger partial charge in [-0.25, -0.2) is 0 Å². The molecule has 0 aliphatic heterocycles. The van der Waals surface area contributed by atoms with Crippen LogP contribution in [0, 0.1) is 5.41 Å². The fourth-order valence-corrected chi connectivity index (χ4v) is 2.32. The summed E-state index contributed by atoms with van der Waals surface area (Å²) in [4.78, 5) is 14.4. The van der Waals surface area contributed by atoms with E-state index >= 15 is 0 Å². The van der Waals surface area contributed by atoms with E-state index in [9.17, 15) is 9.90 Å². The van der Waals surface area contributed by atoms with Crippen molar-refractivity contribution in [3.63, 3.8) is 0 Å². The van der Waals surface area contributed by atoms with Crippen molar-refractivity contribution in [3.05, 3.63) is 0 Å². The van der Waals surface area contributed by atoms with E-state index in [1.807, 2.05) is 13.8 Å². The Kier molecular flexibility index (Phi) is 6.86. The average molecular weight is 258 g/mol. The SMILES string of the molecule is CCCC(CN)(CCC)C(=O)N(C)C(C)(C)CO. The lowest BCUT2D eigenvalue weighted by atomic mass is 9.77. The lowest BCUT2D eigenvalue weighted by Crippen LogP contribution is -2.55. The van der Waals surface area contributed by atoms with E-state index < -0.39 is 11.0 Å². The van der Waals surface area contributed by atoms with Crippen molar-refractivity contribution in [2.24, 2.45) is 11.1 Å². The Bertz CT molecular complexity index is 259. The number of rotatable bonds is 8. The minimum atomic E-state index is -0.543. The molecule has 0 rings (SSSR count).